The number of anilines is 1. The van der Waals surface area contributed by atoms with Gasteiger partial charge in [-0.3, -0.25) is 24.1 Å². The Hall–Kier alpha value is -3.88. The predicted octanol–water partition coefficient (Wildman–Crippen LogP) is 3.59. The molecule has 0 radical (unpaired) electrons. The fourth-order valence-corrected chi connectivity index (χ4v) is 4.69. The number of fused-ring (bicyclic) bond motifs is 2. The molecule has 9 heteroatoms. The third kappa shape index (κ3) is 4.58. The van der Waals surface area contributed by atoms with Crippen LogP contribution in [0.2, 0.25) is 0 Å². The molecule has 0 unspecified atom stereocenters. The van der Waals surface area contributed by atoms with Crippen LogP contribution in [0.1, 0.15) is 64.8 Å². The van der Waals surface area contributed by atoms with Gasteiger partial charge in [-0.25, -0.2) is 0 Å². The van der Waals surface area contributed by atoms with Crippen LogP contribution in [0.15, 0.2) is 36.4 Å². The topological polar surface area (TPSA) is 111 Å². The molecule has 2 aromatic rings. The molecule has 2 aliphatic heterocycles. The van der Waals surface area contributed by atoms with Gasteiger partial charge in [-0.15, -0.1) is 0 Å². The number of carbonyl (C=O) groups excluding carboxylic acids is 4. The second kappa shape index (κ2) is 9.05. The number of imide groups is 1. The van der Waals surface area contributed by atoms with Crippen LogP contribution in [-0.4, -0.2) is 47.5 Å². The van der Waals surface area contributed by atoms with E-state index in [1.54, 1.807) is 36.4 Å². The fourth-order valence-electron chi connectivity index (χ4n) is 4.69. The first-order valence-electron chi connectivity index (χ1n) is 11.8. The molecule has 3 amide bonds. The van der Waals surface area contributed by atoms with E-state index in [-0.39, 0.29) is 31.2 Å². The summed E-state index contributed by atoms with van der Waals surface area (Å²) in [6, 6.07) is 10.3. The van der Waals surface area contributed by atoms with E-state index in [0.717, 1.165) is 36.1 Å². The zero-order chi connectivity index (χ0) is 24.6. The molecule has 3 aliphatic rings. The molecule has 0 atom stereocenters. The second-order valence-electron chi connectivity index (χ2n) is 9.11. The van der Waals surface area contributed by atoms with Crippen molar-refractivity contribution < 1.29 is 33.4 Å². The quantitative estimate of drug-likeness (QED) is 0.478. The summed E-state index contributed by atoms with van der Waals surface area (Å²) >= 11 is 0. The van der Waals surface area contributed by atoms with E-state index in [1.807, 2.05) is 6.92 Å². The number of carbonyl (C=O) groups is 4. The van der Waals surface area contributed by atoms with Gasteiger partial charge in [0.1, 0.15) is 0 Å². The largest absolute Gasteiger partial charge is 0.456 e. The van der Waals surface area contributed by atoms with Gasteiger partial charge in [0.15, 0.2) is 18.1 Å². The summed E-state index contributed by atoms with van der Waals surface area (Å²) in [7, 11) is 0. The maximum Gasteiger partial charge on any atom is 0.306 e. The summed E-state index contributed by atoms with van der Waals surface area (Å²) in [5, 5.41) is 2.68. The molecule has 1 fully saturated rings. The maximum atomic E-state index is 12.5. The molecule has 0 aromatic heterocycles. The van der Waals surface area contributed by atoms with Crippen LogP contribution in [-0.2, 0) is 14.3 Å². The number of nitrogens with zero attached hydrogens (tertiary/aromatic N) is 1. The van der Waals surface area contributed by atoms with Crippen LogP contribution < -0.4 is 14.8 Å². The van der Waals surface area contributed by atoms with E-state index in [4.69, 9.17) is 14.2 Å². The van der Waals surface area contributed by atoms with Gasteiger partial charge >= 0.3 is 5.97 Å². The van der Waals surface area contributed by atoms with E-state index in [0.29, 0.717) is 28.3 Å². The Morgan fingerprint density at radius 2 is 1.74 bits per heavy atom. The minimum Gasteiger partial charge on any atom is -0.456 e. The highest BCUT2D eigenvalue weighted by molar-refractivity contribution is 6.21. The van der Waals surface area contributed by atoms with E-state index in [2.05, 4.69) is 5.32 Å². The highest BCUT2D eigenvalue weighted by Crippen LogP contribution is 2.47. The molecule has 1 saturated carbocycles. The second-order valence-corrected chi connectivity index (χ2v) is 9.11. The lowest BCUT2D eigenvalue weighted by molar-refractivity contribution is -0.147. The fraction of sp³-hybridized carbons (Fsp3) is 0.385. The summed E-state index contributed by atoms with van der Waals surface area (Å²) < 4.78 is 17.0. The molecule has 0 saturated heterocycles. The van der Waals surface area contributed by atoms with Gasteiger partial charge in [0, 0.05) is 37.6 Å². The van der Waals surface area contributed by atoms with Crippen molar-refractivity contribution >= 4 is 29.4 Å². The van der Waals surface area contributed by atoms with Crippen molar-refractivity contribution in [2.45, 2.75) is 51.2 Å². The zero-order valence-corrected chi connectivity index (χ0v) is 19.4. The predicted molar refractivity (Wildman–Crippen MR) is 124 cm³/mol. The van der Waals surface area contributed by atoms with Crippen molar-refractivity contribution in [2.75, 3.05) is 18.5 Å². The van der Waals surface area contributed by atoms with Crippen molar-refractivity contribution in [3.05, 3.63) is 53.1 Å². The Morgan fingerprint density at radius 3 is 2.54 bits per heavy atom. The molecule has 1 N–H and O–H groups in total. The average molecular weight is 479 g/mol. The normalized spacial score (nSPS) is 17.1. The minimum atomic E-state index is -0.582. The number of rotatable bonds is 7. The first-order chi connectivity index (χ1) is 16.8. The Morgan fingerprint density at radius 1 is 1.00 bits per heavy atom. The van der Waals surface area contributed by atoms with Crippen LogP contribution in [0, 0.1) is 6.92 Å². The van der Waals surface area contributed by atoms with Gasteiger partial charge in [-0.2, -0.15) is 0 Å². The van der Waals surface area contributed by atoms with Crippen molar-refractivity contribution in [3.8, 4) is 11.5 Å². The van der Waals surface area contributed by atoms with Crippen LogP contribution >= 0.6 is 0 Å². The molecule has 1 aliphatic carbocycles. The Bertz CT molecular complexity index is 1220. The summed E-state index contributed by atoms with van der Waals surface area (Å²) in [6.07, 6.45) is 4.01. The molecule has 5 rings (SSSR count). The highest BCUT2D eigenvalue weighted by atomic mass is 16.7. The van der Waals surface area contributed by atoms with Gasteiger partial charge < -0.3 is 19.5 Å². The molecule has 2 heterocycles. The molecule has 9 nitrogen and oxygen atoms in total. The first kappa shape index (κ1) is 22.9. The number of esters is 1. The van der Waals surface area contributed by atoms with Gasteiger partial charge in [-0.05, 0) is 50.5 Å². The lowest BCUT2D eigenvalue weighted by atomic mass is 10.1. The van der Waals surface area contributed by atoms with E-state index < -0.39 is 24.3 Å². The molecule has 2 aromatic carbocycles. The molecule has 35 heavy (non-hydrogen) atoms. The first-order valence-corrected chi connectivity index (χ1v) is 11.8. The maximum absolute atomic E-state index is 12.5. The van der Waals surface area contributed by atoms with Gasteiger partial charge in [-0.1, -0.05) is 11.6 Å². The average Bonchev–Trinajstić information content (AvgIpc) is 3.50. The SMILES string of the molecule is Cc1ccc2c(c1)C(=O)N(CCCC(=O)OCC(=O)Nc1ccc3c(c1)OC1(CCCC1)O3)C2=O. The lowest BCUT2D eigenvalue weighted by Crippen LogP contribution is -2.34. The van der Waals surface area contributed by atoms with Crippen molar-refractivity contribution in [1.29, 1.82) is 0 Å². The van der Waals surface area contributed by atoms with Crippen molar-refractivity contribution in [1.82, 2.24) is 4.90 Å². The van der Waals surface area contributed by atoms with Gasteiger partial charge in [0.25, 0.3) is 23.5 Å². The summed E-state index contributed by atoms with van der Waals surface area (Å²) in [5.74, 6) is -1.11. The van der Waals surface area contributed by atoms with Crippen molar-refractivity contribution in [2.24, 2.45) is 0 Å². The smallest absolute Gasteiger partial charge is 0.306 e. The van der Waals surface area contributed by atoms with E-state index >= 15 is 0 Å². The van der Waals surface area contributed by atoms with Crippen LogP contribution in [0.4, 0.5) is 5.69 Å². The summed E-state index contributed by atoms with van der Waals surface area (Å²) in [5.41, 5.74) is 2.18. The monoisotopic (exact) mass is 478 g/mol. The molecule has 182 valence electrons. The molecular formula is C26H26N2O7. The number of ether oxygens (including phenoxy) is 3. The molecule has 0 bridgehead atoms. The number of hydrogen-bond acceptors (Lipinski definition) is 7. The van der Waals surface area contributed by atoms with Crippen LogP contribution in [0.5, 0.6) is 11.5 Å². The highest BCUT2D eigenvalue weighted by Gasteiger charge is 2.44. The third-order valence-electron chi connectivity index (χ3n) is 6.44. The third-order valence-corrected chi connectivity index (χ3v) is 6.44. The number of amides is 3. The Labute approximate surface area is 202 Å². The van der Waals surface area contributed by atoms with E-state index in [9.17, 15) is 19.2 Å². The van der Waals surface area contributed by atoms with Crippen molar-refractivity contribution in [3.63, 3.8) is 0 Å². The number of nitrogens with one attached hydrogen (secondary N) is 1. The Balaban J connectivity index is 1.05. The van der Waals surface area contributed by atoms with Crippen LogP contribution in [0.3, 0.4) is 0 Å². The standard InChI is InChI=1S/C26H26N2O7/c1-16-6-8-18-19(13-16)25(32)28(24(18)31)12-4-5-23(30)33-15-22(29)27-17-7-9-20-21(14-17)35-26(34-20)10-2-3-11-26/h6-9,13-14H,2-5,10-12,15H2,1H3,(H,27,29). The van der Waals surface area contributed by atoms with E-state index in [1.165, 1.54) is 0 Å². The van der Waals surface area contributed by atoms with Gasteiger partial charge in [0.05, 0.1) is 11.1 Å². The lowest BCUT2D eigenvalue weighted by Gasteiger charge is -2.21. The number of benzene rings is 2. The molecule has 1 spiro atoms. The molecular weight excluding hydrogens is 452 g/mol. The summed E-state index contributed by atoms with van der Waals surface area (Å²) in [4.78, 5) is 50.4. The minimum absolute atomic E-state index is 0.0220. The zero-order valence-electron chi connectivity index (χ0n) is 19.4. The number of aryl methyl sites for hydroxylation is 1. The summed E-state index contributed by atoms with van der Waals surface area (Å²) in [6.45, 7) is 1.51. The Kier molecular flexibility index (Phi) is 5.92. The van der Waals surface area contributed by atoms with Gasteiger partial charge in [0.2, 0.25) is 0 Å². The number of hydrogen-bond donors (Lipinski definition) is 1. The van der Waals surface area contributed by atoms with Crippen LogP contribution in [0.25, 0.3) is 0 Å².